The van der Waals surface area contributed by atoms with Crippen molar-refractivity contribution in [3.63, 3.8) is 0 Å². The van der Waals surface area contributed by atoms with Crippen molar-refractivity contribution in [2.24, 2.45) is 5.14 Å². The van der Waals surface area contributed by atoms with E-state index < -0.39 is 31.0 Å². The van der Waals surface area contributed by atoms with E-state index in [1.54, 1.807) is 12.1 Å². The summed E-state index contributed by atoms with van der Waals surface area (Å²) in [6.45, 7) is 0.222. The molecule has 7 nitrogen and oxygen atoms in total. The highest BCUT2D eigenvalue weighted by atomic mass is 32.3. The Bertz CT molecular complexity index is 987. The average Bonchev–Trinajstić information content (AvgIpc) is 2.54. The van der Waals surface area contributed by atoms with Crippen LogP contribution in [0, 0.1) is 0 Å². The molecule has 2 aromatic rings. The van der Waals surface area contributed by atoms with Crippen LogP contribution in [0.2, 0.25) is 0 Å². The summed E-state index contributed by atoms with van der Waals surface area (Å²) in [5.74, 6) is -0.549. The molecule has 0 unspecified atom stereocenters. The lowest BCUT2D eigenvalue weighted by atomic mass is 10.1. The third-order valence-electron chi connectivity index (χ3n) is 3.33. The van der Waals surface area contributed by atoms with Crippen molar-refractivity contribution >= 4 is 26.2 Å². The molecule has 0 heterocycles. The molecule has 0 radical (unpaired) electrons. The van der Waals surface area contributed by atoms with Gasteiger partial charge in [0, 0.05) is 12.1 Å². The Hall–Kier alpha value is -2.30. The van der Waals surface area contributed by atoms with Crippen molar-refractivity contribution in [3.05, 3.63) is 59.7 Å². The Morgan fingerprint density at radius 2 is 1.64 bits per heavy atom. The maximum atomic E-state index is 12.9. The quantitative estimate of drug-likeness (QED) is 0.716. The second-order valence-electron chi connectivity index (χ2n) is 5.16. The molecule has 25 heavy (non-hydrogen) atoms. The number of amides is 1. The molecule has 0 spiro atoms. The summed E-state index contributed by atoms with van der Waals surface area (Å²) in [5.41, 5.74) is 0.788. The largest absolute Gasteiger partial charge is 0.352 e. The fourth-order valence-corrected chi connectivity index (χ4v) is 3.08. The number of hydrogen-bond acceptors (Lipinski definition) is 5. The first-order chi connectivity index (χ1) is 11.6. The van der Waals surface area contributed by atoms with Crippen LogP contribution in [0.1, 0.15) is 15.9 Å². The summed E-state index contributed by atoms with van der Waals surface area (Å²) in [7, 11) is -8.63. The number of rotatable bonds is 6. The highest BCUT2D eigenvalue weighted by molar-refractivity contribution is 7.89. The molecule has 0 aliphatic heterocycles. The molecule has 3 N–H and O–H groups in total. The molecule has 0 saturated heterocycles. The van der Waals surface area contributed by atoms with E-state index >= 15 is 0 Å². The van der Waals surface area contributed by atoms with Crippen molar-refractivity contribution in [2.75, 3.05) is 6.54 Å². The molecule has 0 atom stereocenters. The highest BCUT2D eigenvalue weighted by Gasteiger charge is 2.14. The Morgan fingerprint density at radius 1 is 1.00 bits per heavy atom. The van der Waals surface area contributed by atoms with Gasteiger partial charge in [-0.3, -0.25) is 4.79 Å². The van der Waals surface area contributed by atoms with Crippen LogP contribution in [-0.2, 0) is 26.7 Å². The van der Waals surface area contributed by atoms with Gasteiger partial charge in [-0.05, 0) is 42.3 Å². The Kier molecular flexibility index (Phi) is 5.55. The maximum absolute atomic E-state index is 12.9. The number of primary sulfonamides is 1. The van der Waals surface area contributed by atoms with Crippen molar-refractivity contribution < 1.29 is 25.5 Å². The van der Waals surface area contributed by atoms with Crippen LogP contribution in [0.15, 0.2) is 58.3 Å². The fourth-order valence-electron chi connectivity index (χ4n) is 2.06. The van der Waals surface area contributed by atoms with Crippen LogP contribution in [0.5, 0.6) is 0 Å². The van der Waals surface area contributed by atoms with E-state index in [0.29, 0.717) is 6.42 Å². The van der Waals surface area contributed by atoms with Gasteiger partial charge in [-0.15, -0.1) is 3.89 Å². The van der Waals surface area contributed by atoms with Gasteiger partial charge in [-0.25, -0.2) is 13.6 Å². The van der Waals surface area contributed by atoms with Gasteiger partial charge in [0.2, 0.25) is 10.0 Å². The number of carbonyl (C=O) groups is 1. The molecule has 0 aromatic heterocycles. The minimum absolute atomic E-state index is 0.00969. The molecule has 0 aliphatic rings. The van der Waals surface area contributed by atoms with Crippen molar-refractivity contribution in [2.45, 2.75) is 16.2 Å². The van der Waals surface area contributed by atoms with Gasteiger partial charge in [-0.2, -0.15) is 8.42 Å². The standard InChI is InChI=1S/C15H15FN2O5S2/c16-24(20,21)14-3-1-2-12(10-14)15(19)18-9-8-11-4-6-13(7-5-11)25(17,22)23/h1-7,10H,8-9H2,(H,18,19)(H2,17,22,23). The van der Waals surface area contributed by atoms with E-state index in [1.807, 2.05) is 0 Å². The zero-order valence-corrected chi connectivity index (χ0v) is 14.5. The van der Waals surface area contributed by atoms with Gasteiger partial charge in [-0.1, -0.05) is 18.2 Å². The normalized spacial score (nSPS) is 11.9. The summed E-state index contributed by atoms with van der Waals surface area (Å²) < 4.78 is 57.0. The van der Waals surface area contributed by atoms with Gasteiger partial charge in [0.25, 0.3) is 5.91 Å². The van der Waals surface area contributed by atoms with E-state index in [1.165, 1.54) is 24.3 Å². The predicted octanol–water partition coefficient (Wildman–Crippen LogP) is 0.965. The average molecular weight is 386 g/mol. The lowest BCUT2D eigenvalue weighted by Crippen LogP contribution is -2.25. The lowest BCUT2D eigenvalue weighted by molar-refractivity contribution is 0.0954. The third kappa shape index (κ3) is 5.34. The van der Waals surface area contributed by atoms with Crippen molar-refractivity contribution in [3.8, 4) is 0 Å². The predicted molar refractivity (Wildman–Crippen MR) is 88.6 cm³/mol. The van der Waals surface area contributed by atoms with Gasteiger partial charge in [0.05, 0.1) is 9.79 Å². The van der Waals surface area contributed by atoms with E-state index in [9.17, 15) is 25.5 Å². The summed E-state index contributed by atoms with van der Waals surface area (Å²) in [6, 6.07) is 10.5. The van der Waals surface area contributed by atoms with Crippen LogP contribution in [0.3, 0.4) is 0 Å². The number of sulfonamides is 1. The number of hydrogen-bond donors (Lipinski definition) is 2. The van der Waals surface area contributed by atoms with Gasteiger partial charge >= 0.3 is 10.2 Å². The zero-order chi connectivity index (χ0) is 18.7. The summed E-state index contributed by atoms with van der Waals surface area (Å²) in [5, 5.41) is 7.57. The van der Waals surface area contributed by atoms with Gasteiger partial charge < -0.3 is 5.32 Å². The van der Waals surface area contributed by atoms with Crippen LogP contribution in [-0.4, -0.2) is 29.3 Å². The molecular formula is C15H15FN2O5S2. The molecule has 0 aliphatic carbocycles. The molecule has 10 heteroatoms. The van der Waals surface area contributed by atoms with Crippen LogP contribution in [0.25, 0.3) is 0 Å². The number of benzene rings is 2. The minimum Gasteiger partial charge on any atom is -0.352 e. The first kappa shape index (κ1) is 19.0. The molecule has 134 valence electrons. The Morgan fingerprint density at radius 3 is 2.20 bits per heavy atom. The number of nitrogens with two attached hydrogens (primary N) is 1. The topological polar surface area (TPSA) is 123 Å². The molecule has 0 bridgehead atoms. The first-order valence-electron chi connectivity index (χ1n) is 7.02. The maximum Gasteiger partial charge on any atom is 0.332 e. The number of nitrogens with one attached hydrogen (secondary N) is 1. The molecule has 2 rings (SSSR count). The number of halogens is 1. The molecule has 0 fully saturated rings. The van der Waals surface area contributed by atoms with E-state index in [-0.39, 0.29) is 17.0 Å². The summed E-state index contributed by atoms with van der Waals surface area (Å²) in [6.07, 6.45) is 0.414. The SMILES string of the molecule is NS(=O)(=O)c1ccc(CCNC(=O)c2cccc(S(=O)(=O)F)c2)cc1. The van der Waals surface area contributed by atoms with Crippen LogP contribution < -0.4 is 10.5 Å². The van der Waals surface area contributed by atoms with Gasteiger partial charge in [0.1, 0.15) is 0 Å². The van der Waals surface area contributed by atoms with Crippen LogP contribution >= 0.6 is 0 Å². The Balaban J connectivity index is 1.97. The first-order valence-corrected chi connectivity index (χ1v) is 9.95. The van der Waals surface area contributed by atoms with Crippen molar-refractivity contribution in [1.29, 1.82) is 0 Å². The molecule has 0 saturated carbocycles. The molecule has 2 aromatic carbocycles. The summed E-state index contributed by atoms with van der Waals surface area (Å²) >= 11 is 0. The van der Waals surface area contributed by atoms with Crippen LogP contribution in [0.4, 0.5) is 3.89 Å². The van der Waals surface area contributed by atoms with Crippen molar-refractivity contribution in [1.82, 2.24) is 5.32 Å². The monoisotopic (exact) mass is 386 g/mol. The lowest BCUT2D eigenvalue weighted by Gasteiger charge is -2.07. The number of carbonyl (C=O) groups excluding carboxylic acids is 1. The molecular weight excluding hydrogens is 371 g/mol. The molecule has 1 amide bonds. The van der Waals surface area contributed by atoms with Gasteiger partial charge in [0.15, 0.2) is 0 Å². The minimum atomic E-state index is -4.88. The smallest absolute Gasteiger partial charge is 0.332 e. The van der Waals surface area contributed by atoms with E-state index in [0.717, 1.165) is 17.7 Å². The third-order valence-corrected chi connectivity index (χ3v) is 5.08. The second kappa shape index (κ2) is 7.30. The zero-order valence-electron chi connectivity index (χ0n) is 12.8. The van der Waals surface area contributed by atoms with E-state index in [4.69, 9.17) is 5.14 Å². The van der Waals surface area contributed by atoms with E-state index in [2.05, 4.69) is 5.32 Å². The second-order valence-corrected chi connectivity index (χ2v) is 8.07. The Labute approximate surface area is 144 Å². The fraction of sp³-hybridized carbons (Fsp3) is 0.133. The summed E-state index contributed by atoms with van der Waals surface area (Å²) in [4.78, 5) is 11.4. The highest BCUT2D eigenvalue weighted by Crippen LogP contribution is 2.14.